The van der Waals surface area contributed by atoms with Crippen LogP contribution in [0.2, 0.25) is 0 Å². The van der Waals surface area contributed by atoms with E-state index in [1.54, 1.807) is 6.20 Å². The number of nitrogens with zero attached hydrogens (tertiary/aromatic N) is 2. The number of ether oxygens (including phenoxy) is 2. The summed E-state index contributed by atoms with van der Waals surface area (Å²) < 4.78 is 13.5. The fraction of sp³-hybridized carbons (Fsp3) is 0.750. The van der Waals surface area contributed by atoms with Gasteiger partial charge in [0.1, 0.15) is 18.0 Å². The van der Waals surface area contributed by atoms with Gasteiger partial charge in [0.2, 0.25) is 5.91 Å². The van der Waals surface area contributed by atoms with Gasteiger partial charge in [-0.1, -0.05) is 0 Å². The van der Waals surface area contributed by atoms with Crippen LogP contribution in [-0.4, -0.2) is 40.8 Å². The minimum Gasteiger partial charge on any atom is -0.368 e. The van der Waals surface area contributed by atoms with Crippen LogP contribution >= 0.6 is 0 Å². The van der Waals surface area contributed by atoms with Gasteiger partial charge in [-0.15, -0.1) is 0 Å². The first-order valence-corrected chi connectivity index (χ1v) is 8.23. The van der Waals surface area contributed by atoms with Crippen molar-refractivity contribution in [1.82, 2.24) is 14.9 Å². The van der Waals surface area contributed by atoms with E-state index in [1.165, 1.54) is 12.8 Å². The second-order valence-electron chi connectivity index (χ2n) is 6.19. The van der Waals surface area contributed by atoms with Gasteiger partial charge in [0.05, 0.1) is 12.6 Å². The summed E-state index contributed by atoms with van der Waals surface area (Å²) in [5.41, 5.74) is 0. The molecule has 1 aromatic heterocycles. The van der Waals surface area contributed by atoms with Gasteiger partial charge in [-0.25, -0.2) is 4.98 Å². The number of hydrogen-bond donors (Lipinski definition) is 1. The molecule has 1 aliphatic carbocycles. The van der Waals surface area contributed by atoms with E-state index in [0.29, 0.717) is 19.1 Å². The van der Waals surface area contributed by atoms with Crippen molar-refractivity contribution in [1.29, 1.82) is 0 Å². The topological polar surface area (TPSA) is 65.4 Å². The molecule has 0 unspecified atom stereocenters. The number of hydrogen-bond acceptors (Lipinski definition) is 4. The number of nitrogens with one attached hydrogen (secondary N) is 1. The lowest BCUT2D eigenvalue weighted by molar-refractivity contribution is -0.133. The number of aromatic nitrogens is 2. The van der Waals surface area contributed by atoms with Crippen molar-refractivity contribution in [2.45, 2.75) is 57.9 Å². The van der Waals surface area contributed by atoms with E-state index in [0.717, 1.165) is 18.8 Å². The standard InChI is InChI=1S/C16H25N3O3/c1-3-19-8-7-17-15(19)14-13(6-9-21-14)18-16(20)11(2)22-10-12-4-5-12/h7-8,11-14H,3-6,9-10H2,1-2H3,(H,18,20)/t11-,13+,14+/m1/s1. The van der Waals surface area contributed by atoms with E-state index >= 15 is 0 Å². The normalized spacial score (nSPS) is 26.1. The molecule has 0 bridgehead atoms. The molecule has 6 heteroatoms. The van der Waals surface area contributed by atoms with Crippen LogP contribution in [0.3, 0.4) is 0 Å². The van der Waals surface area contributed by atoms with Crippen molar-refractivity contribution < 1.29 is 14.3 Å². The van der Waals surface area contributed by atoms with Gasteiger partial charge >= 0.3 is 0 Å². The summed E-state index contributed by atoms with van der Waals surface area (Å²) in [4.78, 5) is 16.7. The summed E-state index contributed by atoms with van der Waals surface area (Å²) in [5.74, 6) is 1.49. The fourth-order valence-corrected chi connectivity index (χ4v) is 2.78. The minimum absolute atomic E-state index is 0.0350. The van der Waals surface area contributed by atoms with Crippen molar-refractivity contribution in [2.24, 2.45) is 5.92 Å². The maximum Gasteiger partial charge on any atom is 0.249 e. The first kappa shape index (κ1) is 15.5. The summed E-state index contributed by atoms with van der Waals surface area (Å²) in [6, 6.07) is -0.0350. The van der Waals surface area contributed by atoms with Crippen molar-refractivity contribution in [3.8, 4) is 0 Å². The molecule has 1 saturated carbocycles. The average Bonchev–Trinajstić information content (AvgIpc) is 3.04. The minimum atomic E-state index is -0.409. The zero-order chi connectivity index (χ0) is 15.5. The molecule has 3 rings (SSSR count). The number of aryl methyl sites for hydroxylation is 1. The molecule has 6 nitrogen and oxygen atoms in total. The van der Waals surface area contributed by atoms with Crippen LogP contribution < -0.4 is 5.32 Å². The van der Waals surface area contributed by atoms with Crippen LogP contribution in [-0.2, 0) is 20.8 Å². The van der Waals surface area contributed by atoms with E-state index in [9.17, 15) is 4.79 Å². The average molecular weight is 307 g/mol. The maximum absolute atomic E-state index is 12.3. The second kappa shape index (κ2) is 6.79. The fourth-order valence-electron chi connectivity index (χ4n) is 2.78. The number of amides is 1. The molecule has 3 atom stereocenters. The Balaban J connectivity index is 1.57. The number of imidazole rings is 1. The van der Waals surface area contributed by atoms with Gasteiger partial charge in [0.25, 0.3) is 0 Å². The molecule has 0 aromatic carbocycles. The number of carbonyl (C=O) groups is 1. The van der Waals surface area contributed by atoms with Crippen LogP contribution in [0, 0.1) is 5.92 Å². The molecule has 0 spiro atoms. The first-order valence-electron chi connectivity index (χ1n) is 8.23. The lowest BCUT2D eigenvalue weighted by Crippen LogP contribution is -2.43. The van der Waals surface area contributed by atoms with Gasteiger partial charge in [0, 0.05) is 25.5 Å². The summed E-state index contributed by atoms with van der Waals surface area (Å²) in [7, 11) is 0. The molecule has 22 heavy (non-hydrogen) atoms. The van der Waals surface area contributed by atoms with Crippen LogP contribution in [0.25, 0.3) is 0 Å². The molecule has 2 aliphatic rings. The van der Waals surface area contributed by atoms with E-state index in [4.69, 9.17) is 9.47 Å². The molecule has 2 heterocycles. The van der Waals surface area contributed by atoms with Gasteiger partial charge < -0.3 is 19.4 Å². The second-order valence-corrected chi connectivity index (χ2v) is 6.19. The SMILES string of the molecule is CCn1ccnc1[C@H]1OCC[C@@H]1NC(=O)[C@@H](C)OCC1CC1. The molecule has 122 valence electrons. The van der Waals surface area contributed by atoms with Crippen LogP contribution in [0.4, 0.5) is 0 Å². The third-order valence-corrected chi connectivity index (χ3v) is 4.41. The Hall–Kier alpha value is -1.40. The maximum atomic E-state index is 12.3. The molecule has 1 aromatic rings. The van der Waals surface area contributed by atoms with Gasteiger partial charge in [0.15, 0.2) is 0 Å². The Morgan fingerprint density at radius 1 is 1.55 bits per heavy atom. The van der Waals surface area contributed by atoms with Crippen LogP contribution in [0.5, 0.6) is 0 Å². The molecule has 1 saturated heterocycles. The number of rotatable bonds is 7. The highest BCUT2D eigenvalue weighted by molar-refractivity contribution is 5.80. The highest BCUT2D eigenvalue weighted by Gasteiger charge is 2.35. The Morgan fingerprint density at radius 3 is 3.09 bits per heavy atom. The summed E-state index contributed by atoms with van der Waals surface area (Å²) in [6.45, 7) is 6.07. The van der Waals surface area contributed by atoms with Crippen LogP contribution in [0.15, 0.2) is 12.4 Å². The van der Waals surface area contributed by atoms with E-state index in [-0.39, 0.29) is 18.1 Å². The van der Waals surface area contributed by atoms with Gasteiger partial charge in [-0.05, 0) is 39.0 Å². The summed E-state index contributed by atoms with van der Waals surface area (Å²) >= 11 is 0. The largest absolute Gasteiger partial charge is 0.368 e. The first-order chi connectivity index (χ1) is 10.7. The molecule has 2 fully saturated rings. The highest BCUT2D eigenvalue weighted by atomic mass is 16.5. The predicted molar refractivity (Wildman–Crippen MR) is 81.3 cm³/mol. The zero-order valence-corrected chi connectivity index (χ0v) is 13.3. The predicted octanol–water partition coefficient (Wildman–Crippen LogP) is 1.66. The molecule has 1 amide bonds. The van der Waals surface area contributed by atoms with E-state index in [2.05, 4.69) is 21.8 Å². The van der Waals surface area contributed by atoms with E-state index in [1.807, 2.05) is 13.1 Å². The molecule has 1 N–H and O–H groups in total. The molecule has 1 aliphatic heterocycles. The third-order valence-electron chi connectivity index (χ3n) is 4.41. The summed E-state index contributed by atoms with van der Waals surface area (Å²) in [5, 5.41) is 3.07. The Bertz CT molecular complexity index is 512. The molecular formula is C16H25N3O3. The van der Waals surface area contributed by atoms with E-state index < -0.39 is 6.10 Å². The Morgan fingerprint density at radius 2 is 2.36 bits per heavy atom. The van der Waals surface area contributed by atoms with Gasteiger partial charge in [-0.2, -0.15) is 0 Å². The molecular weight excluding hydrogens is 282 g/mol. The quantitative estimate of drug-likeness (QED) is 0.832. The van der Waals surface area contributed by atoms with Gasteiger partial charge in [-0.3, -0.25) is 4.79 Å². The Kier molecular flexibility index (Phi) is 4.78. The monoisotopic (exact) mass is 307 g/mol. The number of carbonyl (C=O) groups excluding carboxylic acids is 1. The zero-order valence-electron chi connectivity index (χ0n) is 13.3. The molecule has 0 radical (unpaired) electrons. The van der Waals surface area contributed by atoms with Crippen LogP contribution in [0.1, 0.15) is 45.0 Å². The smallest absolute Gasteiger partial charge is 0.249 e. The lowest BCUT2D eigenvalue weighted by Gasteiger charge is -2.22. The third kappa shape index (κ3) is 3.50. The summed E-state index contributed by atoms with van der Waals surface area (Å²) in [6.07, 6.45) is 6.40. The highest BCUT2D eigenvalue weighted by Crippen LogP contribution is 2.30. The Labute approximate surface area is 131 Å². The van der Waals surface area contributed by atoms with Crippen molar-refractivity contribution in [3.05, 3.63) is 18.2 Å². The lowest BCUT2D eigenvalue weighted by atomic mass is 10.1. The van der Waals surface area contributed by atoms with Crippen molar-refractivity contribution >= 4 is 5.91 Å². The van der Waals surface area contributed by atoms with Crippen molar-refractivity contribution in [2.75, 3.05) is 13.2 Å². The van der Waals surface area contributed by atoms with Crippen molar-refractivity contribution in [3.63, 3.8) is 0 Å².